The lowest BCUT2D eigenvalue weighted by Gasteiger charge is -2.33. The van der Waals surface area contributed by atoms with Crippen molar-refractivity contribution in [2.24, 2.45) is 11.3 Å². The summed E-state index contributed by atoms with van der Waals surface area (Å²) in [6.45, 7) is 15.4. The molecule has 0 fully saturated rings. The van der Waals surface area contributed by atoms with Gasteiger partial charge in [-0.05, 0) is 73.4 Å². The highest BCUT2D eigenvalue weighted by Gasteiger charge is 2.34. The highest BCUT2D eigenvalue weighted by molar-refractivity contribution is 7.91. The van der Waals surface area contributed by atoms with Crippen LogP contribution in [0, 0.1) is 29.5 Å². The first-order valence-electron chi connectivity index (χ1n) is 16.9. The van der Waals surface area contributed by atoms with E-state index in [1.807, 2.05) is 45.0 Å². The molecular weight excluding hydrogens is 675 g/mol. The molecule has 3 heterocycles. The van der Waals surface area contributed by atoms with Crippen molar-refractivity contribution in [3.63, 3.8) is 0 Å². The lowest BCUT2D eigenvalue weighted by atomic mass is 9.81. The fourth-order valence-corrected chi connectivity index (χ4v) is 9.11. The molecule has 2 N–H and O–H groups in total. The summed E-state index contributed by atoms with van der Waals surface area (Å²) in [4.78, 5) is 18.3. The number of aliphatic carboxylic acids is 1. The highest BCUT2D eigenvalue weighted by Crippen LogP contribution is 2.42. The van der Waals surface area contributed by atoms with Gasteiger partial charge in [0, 0.05) is 40.5 Å². The number of carboxylic acid groups (broad SMARTS) is 1. The quantitative estimate of drug-likeness (QED) is 0.180. The number of benzene rings is 3. The first-order valence-corrected chi connectivity index (χ1v) is 18.7. The van der Waals surface area contributed by atoms with Crippen molar-refractivity contribution in [3.05, 3.63) is 107 Å². The average molecular weight is 715 g/mol. The molecule has 1 aliphatic heterocycles. The molecule has 5 aromatic rings. The van der Waals surface area contributed by atoms with E-state index in [0.717, 1.165) is 11.1 Å². The van der Waals surface area contributed by atoms with E-state index in [2.05, 4.69) is 9.83 Å². The predicted molar refractivity (Wildman–Crippen MR) is 192 cm³/mol. The number of rotatable bonds is 4. The number of fused-ring (bicyclic) bond motifs is 8. The number of nitrogens with one attached hydrogen (secondary N) is 1. The van der Waals surface area contributed by atoms with Crippen LogP contribution >= 0.6 is 0 Å². The van der Waals surface area contributed by atoms with Crippen molar-refractivity contribution >= 4 is 32.4 Å². The molecule has 9 nitrogen and oxygen atoms in total. The van der Waals surface area contributed by atoms with Gasteiger partial charge < -0.3 is 14.8 Å². The Morgan fingerprint density at radius 3 is 2.65 bits per heavy atom. The van der Waals surface area contributed by atoms with Gasteiger partial charge in [-0.1, -0.05) is 51.5 Å². The molecule has 0 amide bonds. The van der Waals surface area contributed by atoms with Gasteiger partial charge in [0.2, 0.25) is 5.69 Å². The zero-order chi connectivity index (χ0) is 36.7. The van der Waals surface area contributed by atoms with Gasteiger partial charge in [0.05, 0.1) is 29.5 Å². The van der Waals surface area contributed by atoms with E-state index in [4.69, 9.17) is 16.4 Å². The maximum atomic E-state index is 15.7. The van der Waals surface area contributed by atoms with E-state index in [0.29, 0.717) is 42.1 Å². The fraction of sp³-hybridized carbons (Fsp3) is 0.359. The third-order valence-electron chi connectivity index (χ3n) is 9.90. The Balaban J connectivity index is 1.52. The summed E-state index contributed by atoms with van der Waals surface area (Å²) in [7, 11) is -3.62. The Morgan fingerprint density at radius 2 is 1.90 bits per heavy atom. The minimum atomic E-state index is -3.62. The Hall–Kier alpha value is -5.02. The number of ether oxygens (including phenoxy) is 1. The molecule has 0 aliphatic carbocycles. The molecule has 2 aromatic heterocycles. The molecule has 0 saturated heterocycles. The van der Waals surface area contributed by atoms with Crippen LogP contribution in [0.3, 0.4) is 0 Å². The Kier molecular flexibility index (Phi) is 9.55. The van der Waals surface area contributed by atoms with Crippen LogP contribution in [0.2, 0.25) is 0 Å². The maximum absolute atomic E-state index is 15.7. The van der Waals surface area contributed by atoms with E-state index in [9.17, 15) is 18.3 Å². The van der Waals surface area contributed by atoms with Crippen molar-refractivity contribution in [1.82, 2.24) is 14.8 Å². The van der Waals surface area contributed by atoms with Crippen LogP contribution in [0.4, 0.5) is 14.5 Å². The van der Waals surface area contributed by atoms with Crippen molar-refractivity contribution in [1.29, 1.82) is 0 Å². The Morgan fingerprint density at radius 1 is 1.12 bits per heavy atom. The van der Waals surface area contributed by atoms with E-state index in [1.54, 1.807) is 30.1 Å². The summed E-state index contributed by atoms with van der Waals surface area (Å²) >= 11 is 0. The molecule has 1 unspecified atom stereocenters. The summed E-state index contributed by atoms with van der Waals surface area (Å²) in [6.07, 6.45) is 5.11. The van der Waals surface area contributed by atoms with Crippen molar-refractivity contribution < 1.29 is 31.8 Å². The van der Waals surface area contributed by atoms with Gasteiger partial charge >= 0.3 is 5.97 Å². The van der Waals surface area contributed by atoms with Gasteiger partial charge in [-0.15, -0.1) is 0 Å². The van der Waals surface area contributed by atoms with Crippen molar-refractivity contribution in [2.75, 3.05) is 11.5 Å². The van der Waals surface area contributed by atoms with Crippen LogP contribution in [0.15, 0.2) is 67.0 Å². The number of hydrogen-bond donors (Lipinski definition) is 2. The zero-order valence-corrected chi connectivity index (χ0v) is 29.8. The molecule has 3 aromatic carbocycles. The molecule has 4 bridgehead atoms. The number of sulfone groups is 1. The second-order valence-corrected chi connectivity index (χ2v) is 16.7. The smallest absolute Gasteiger partial charge is 0.306 e. The molecule has 2 atom stereocenters. The van der Waals surface area contributed by atoms with Crippen LogP contribution in [-0.2, 0) is 33.0 Å². The van der Waals surface area contributed by atoms with Gasteiger partial charge in [-0.3, -0.25) is 9.48 Å². The molecular formula is C39H40F2N4O5S. The Bertz CT molecular complexity index is 2290. The second kappa shape index (κ2) is 13.6. The SMILES string of the molecule is [C-]#[N+]c1cn2nc1-c1cc(ccc1F)Oc1c(F)cc3[nH]ccc3c1CCS(=O)(=O)CC(C)(C)CCCC2(C)c1cccc(C[C@H](C)C(=O)O)c1. The van der Waals surface area contributed by atoms with Crippen molar-refractivity contribution in [2.45, 2.75) is 65.3 Å². The number of H-pyrrole nitrogens is 1. The van der Waals surface area contributed by atoms with Gasteiger partial charge in [-0.2, -0.15) is 5.10 Å². The normalized spacial score (nSPS) is 19.5. The van der Waals surface area contributed by atoms with Gasteiger partial charge in [0.15, 0.2) is 21.4 Å². The first kappa shape index (κ1) is 35.8. The summed E-state index contributed by atoms with van der Waals surface area (Å²) < 4.78 is 66.4. The van der Waals surface area contributed by atoms with Crippen LogP contribution in [-0.4, -0.2) is 45.8 Å². The van der Waals surface area contributed by atoms with Crippen LogP contribution in [0.25, 0.3) is 27.0 Å². The molecule has 0 radical (unpaired) electrons. The summed E-state index contributed by atoms with van der Waals surface area (Å²) in [5.41, 5.74) is 1.14. The molecule has 0 saturated carbocycles. The monoisotopic (exact) mass is 714 g/mol. The average Bonchev–Trinajstić information content (AvgIpc) is 3.72. The summed E-state index contributed by atoms with van der Waals surface area (Å²) in [5, 5.41) is 15.0. The summed E-state index contributed by atoms with van der Waals surface area (Å²) in [6, 6.07) is 14.5. The topological polar surface area (TPSA) is 119 Å². The molecule has 1 aliphatic rings. The van der Waals surface area contributed by atoms with Crippen LogP contribution in [0.1, 0.15) is 63.6 Å². The molecule has 51 heavy (non-hydrogen) atoms. The van der Waals surface area contributed by atoms with E-state index >= 15 is 8.78 Å². The number of aromatic amines is 1. The number of aromatic nitrogens is 3. The minimum absolute atomic E-state index is 0.00486. The lowest BCUT2D eigenvalue weighted by molar-refractivity contribution is -0.141. The van der Waals surface area contributed by atoms with Crippen molar-refractivity contribution in [3.8, 4) is 22.8 Å². The largest absolute Gasteiger partial charge is 0.481 e. The molecule has 6 rings (SSSR count). The number of halogens is 2. The molecule has 12 heteroatoms. The predicted octanol–water partition coefficient (Wildman–Crippen LogP) is 8.85. The highest BCUT2D eigenvalue weighted by atomic mass is 32.2. The zero-order valence-electron chi connectivity index (χ0n) is 29.0. The van der Waals surface area contributed by atoms with E-state index in [1.165, 1.54) is 24.3 Å². The summed E-state index contributed by atoms with van der Waals surface area (Å²) in [5.74, 6) is -3.28. The van der Waals surface area contributed by atoms with E-state index < -0.39 is 44.3 Å². The fourth-order valence-electron chi connectivity index (χ4n) is 7.11. The number of carbonyl (C=O) groups is 1. The number of carboxylic acids is 1. The number of aryl methyl sites for hydroxylation is 1. The van der Waals surface area contributed by atoms with Gasteiger partial charge in [0.25, 0.3) is 0 Å². The first-order chi connectivity index (χ1) is 24.1. The molecule has 0 spiro atoms. The third-order valence-corrected chi connectivity index (χ3v) is 12.0. The third kappa shape index (κ3) is 7.40. The second-order valence-electron chi connectivity index (χ2n) is 14.5. The lowest BCUT2D eigenvalue weighted by Crippen LogP contribution is -2.33. The number of nitrogens with zero attached hydrogens (tertiary/aromatic N) is 3. The minimum Gasteiger partial charge on any atom is -0.481 e. The van der Waals surface area contributed by atoms with Crippen LogP contribution < -0.4 is 4.74 Å². The standard InChI is InChI=1S/C39H40F2N4O5S/c1-24(37(46)47)18-25-8-6-9-26(19-25)39(4)15-7-14-38(2,3)23-51(48,49)17-13-29-28-12-16-43-33(28)21-32(41)36(29)50-27-10-11-31(40)30(20-27)35-34(42-5)22-45(39)44-35/h6,8-12,16,19-22,24,43H,7,13-15,17-18,23H2,1-4H3,(H,46,47)/t24-,39?/m0/s1. The van der Waals surface area contributed by atoms with E-state index in [-0.39, 0.29) is 46.4 Å². The van der Waals surface area contributed by atoms with Gasteiger partial charge in [0.1, 0.15) is 17.3 Å². The maximum Gasteiger partial charge on any atom is 0.306 e. The van der Waals surface area contributed by atoms with Gasteiger partial charge in [-0.25, -0.2) is 22.0 Å². The molecule has 266 valence electrons. The Labute approximate surface area is 296 Å². The number of hydrogen-bond acceptors (Lipinski definition) is 5. The van der Waals surface area contributed by atoms with Crippen LogP contribution in [0.5, 0.6) is 11.5 Å².